The smallest absolute Gasteiger partial charge is 0.278 e. The molecule has 1 aliphatic rings. The van der Waals surface area contributed by atoms with Crippen molar-refractivity contribution in [3.63, 3.8) is 0 Å². The van der Waals surface area contributed by atoms with Crippen molar-refractivity contribution in [2.75, 3.05) is 18.4 Å². The third-order valence-corrected chi connectivity index (χ3v) is 3.75. The number of amides is 2. The molecule has 0 saturated carbocycles. The number of nitrogens with two attached hydrogens (primary N) is 1. The molecule has 0 spiro atoms. The van der Waals surface area contributed by atoms with Gasteiger partial charge in [-0.05, 0) is 36.4 Å². The van der Waals surface area contributed by atoms with Crippen LogP contribution in [-0.2, 0) is 9.59 Å². The molecular weight excluding hydrogens is 306 g/mol. The number of benzene rings is 2. The van der Waals surface area contributed by atoms with Gasteiger partial charge >= 0.3 is 0 Å². The third-order valence-electron chi connectivity index (χ3n) is 3.75. The van der Waals surface area contributed by atoms with Gasteiger partial charge in [-0.15, -0.1) is 0 Å². The zero-order chi connectivity index (χ0) is 16.8. The molecule has 6 heteroatoms. The molecule has 4 N–H and O–H groups in total. The Morgan fingerprint density at radius 1 is 1.12 bits per heavy atom. The summed E-state index contributed by atoms with van der Waals surface area (Å²) in [7, 11) is 0. The van der Waals surface area contributed by atoms with Crippen LogP contribution in [0.1, 0.15) is 6.42 Å². The lowest BCUT2D eigenvalue weighted by molar-refractivity contribution is -0.678. The number of para-hydroxylation sites is 1. The van der Waals surface area contributed by atoms with Crippen LogP contribution in [0.15, 0.2) is 54.6 Å². The highest BCUT2D eigenvalue weighted by Gasteiger charge is 2.27. The first kappa shape index (κ1) is 16.0. The molecule has 1 aliphatic heterocycles. The quantitative estimate of drug-likeness (QED) is 0.762. The van der Waals surface area contributed by atoms with Crippen molar-refractivity contribution in [3.8, 4) is 11.5 Å². The van der Waals surface area contributed by atoms with Gasteiger partial charge in [-0.2, -0.15) is 0 Å². The predicted octanol–water partition coefficient (Wildman–Crippen LogP) is 0.869. The van der Waals surface area contributed by atoms with Gasteiger partial charge in [-0.3, -0.25) is 9.59 Å². The first-order valence-corrected chi connectivity index (χ1v) is 7.94. The third kappa shape index (κ3) is 4.33. The Labute approximate surface area is 140 Å². The van der Waals surface area contributed by atoms with E-state index >= 15 is 0 Å². The minimum Gasteiger partial charge on any atom is -0.457 e. The second-order valence-corrected chi connectivity index (χ2v) is 5.61. The second kappa shape index (κ2) is 7.61. The fourth-order valence-electron chi connectivity index (χ4n) is 2.54. The van der Waals surface area contributed by atoms with Gasteiger partial charge in [0.05, 0.1) is 19.5 Å². The maximum absolute atomic E-state index is 12.1. The number of ether oxygens (including phenoxy) is 1. The van der Waals surface area contributed by atoms with E-state index in [1.807, 2.05) is 35.6 Å². The topological polar surface area (TPSA) is 84.0 Å². The van der Waals surface area contributed by atoms with E-state index in [0.717, 1.165) is 12.3 Å². The lowest BCUT2D eigenvalue weighted by atomic mass is 10.1. The summed E-state index contributed by atoms with van der Waals surface area (Å²) >= 11 is 0. The van der Waals surface area contributed by atoms with E-state index in [-0.39, 0.29) is 24.3 Å². The molecule has 2 aromatic rings. The normalized spacial score (nSPS) is 17.0. The van der Waals surface area contributed by atoms with E-state index in [9.17, 15) is 9.59 Å². The SMILES string of the molecule is O=C(CC1[NH2+]CCNC1=O)Nc1ccc(Oc2ccccc2)cc1. The fraction of sp³-hybridized carbons (Fsp3) is 0.222. The molecular formula is C18H20N3O3+. The van der Waals surface area contributed by atoms with E-state index in [1.54, 1.807) is 24.3 Å². The Bertz CT molecular complexity index is 701. The minimum absolute atomic E-state index is 0.0805. The van der Waals surface area contributed by atoms with Crippen molar-refractivity contribution >= 4 is 17.5 Å². The fourth-order valence-corrected chi connectivity index (χ4v) is 2.54. The van der Waals surface area contributed by atoms with E-state index < -0.39 is 0 Å². The summed E-state index contributed by atoms with van der Waals surface area (Å²) in [4.78, 5) is 23.7. The summed E-state index contributed by atoms with van der Waals surface area (Å²) in [5.74, 6) is 1.19. The first-order chi connectivity index (χ1) is 11.7. The molecule has 124 valence electrons. The van der Waals surface area contributed by atoms with E-state index in [4.69, 9.17) is 4.74 Å². The van der Waals surface area contributed by atoms with Crippen LogP contribution < -0.4 is 20.7 Å². The van der Waals surface area contributed by atoms with Gasteiger partial charge < -0.3 is 20.7 Å². The van der Waals surface area contributed by atoms with Gasteiger partial charge in [0.1, 0.15) is 11.5 Å². The van der Waals surface area contributed by atoms with Crippen LogP contribution in [0.2, 0.25) is 0 Å². The van der Waals surface area contributed by atoms with Crippen LogP contribution in [0.5, 0.6) is 11.5 Å². The van der Waals surface area contributed by atoms with Gasteiger partial charge in [0, 0.05) is 5.69 Å². The van der Waals surface area contributed by atoms with Crippen LogP contribution in [0.25, 0.3) is 0 Å². The summed E-state index contributed by atoms with van der Waals surface area (Å²) in [6.45, 7) is 1.45. The number of carbonyl (C=O) groups is 2. The lowest BCUT2D eigenvalue weighted by Crippen LogP contribution is -2.96. The highest BCUT2D eigenvalue weighted by molar-refractivity contribution is 5.94. The summed E-state index contributed by atoms with van der Waals surface area (Å²) in [5.41, 5.74) is 0.677. The molecule has 1 atom stereocenters. The van der Waals surface area contributed by atoms with Crippen LogP contribution in [0.4, 0.5) is 5.69 Å². The Morgan fingerprint density at radius 3 is 2.54 bits per heavy atom. The van der Waals surface area contributed by atoms with Gasteiger partial charge in [0.15, 0.2) is 6.04 Å². The monoisotopic (exact) mass is 326 g/mol. The van der Waals surface area contributed by atoms with Gasteiger partial charge in [-0.1, -0.05) is 18.2 Å². The number of anilines is 1. The summed E-state index contributed by atoms with van der Waals surface area (Å²) in [6.07, 6.45) is 0.161. The van der Waals surface area contributed by atoms with Crippen LogP contribution in [0.3, 0.4) is 0 Å². The van der Waals surface area contributed by atoms with Crippen LogP contribution in [0, 0.1) is 0 Å². The molecule has 1 heterocycles. The van der Waals surface area contributed by atoms with E-state index in [0.29, 0.717) is 18.0 Å². The zero-order valence-electron chi connectivity index (χ0n) is 13.2. The minimum atomic E-state index is -0.348. The molecule has 2 amide bonds. The maximum atomic E-state index is 12.1. The highest BCUT2D eigenvalue weighted by atomic mass is 16.5. The molecule has 0 radical (unpaired) electrons. The number of hydrogen-bond donors (Lipinski definition) is 3. The van der Waals surface area contributed by atoms with Crippen LogP contribution in [-0.4, -0.2) is 30.9 Å². The zero-order valence-corrected chi connectivity index (χ0v) is 13.2. The Hall–Kier alpha value is -2.86. The average Bonchev–Trinajstić information content (AvgIpc) is 2.60. The summed E-state index contributed by atoms with van der Waals surface area (Å²) < 4.78 is 5.70. The number of hydrogen-bond acceptors (Lipinski definition) is 3. The van der Waals surface area contributed by atoms with Gasteiger partial charge in [-0.25, -0.2) is 0 Å². The Morgan fingerprint density at radius 2 is 1.83 bits per heavy atom. The van der Waals surface area contributed by atoms with E-state index in [1.165, 1.54) is 0 Å². The van der Waals surface area contributed by atoms with Crippen molar-refractivity contribution in [2.24, 2.45) is 0 Å². The average molecular weight is 326 g/mol. The van der Waals surface area contributed by atoms with Gasteiger partial charge in [0.25, 0.3) is 5.91 Å². The van der Waals surface area contributed by atoms with Crippen molar-refractivity contribution in [1.29, 1.82) is 0 Å². The Kier molecular flexibility index (Phi) is 5.08. The number of quaternary nitrogens is 1. The first-order valence-electron chi connectivity index (χ1n) is 7.94. The van der Waals surface area contributed by atoms with Crippen molar-refractivity contribution in [3.05, 3.63) is 54.6 Å². The number of carbonyl (C=O) groups excluding carboxylic acids is 2. The second-order valence-electron chi connectivity index (χ2n) is 5.61. The van der Waals surface area contributed by atoms with Crippen molar-refractivity contribution in [2.45, 2.75) is 12.5 Å². The Balaban J connectivity index is 1.54. The molecule has 2 aromatic carbocycles. The molecule has 1 saturated heterocycles. The molecule has 24 heavy (non-hydrogen) atoms. The lowest BCUT2D eigenvalue weighted by Gasteiger charge is -2.19. The number of piperazine rings is 1. The summed E-state index contributed by atoms with van der Waals surface area (Å²) in [5, 5.41) is 7.47. The van der Waals surface area contributed by atoms with Crippen molar-refractivity contribution in [1.82, 2.24) is 5.32 Å². The molecule has 0 aromatic heterocycles. The van der Waals surface area contributed by atoms with Gasteiger partial charge in [0.2, 0.25) is 5.91 Å². The number of rotatable bonds is 5. The highest BCUT2D eigenvalue weighted by Crippen LogP contribution is 2.22. The van der Waals surface area contributed by atoms with E-state index in [2.05, 4.69) is 10.6 Å². The molecule has 6 nitrogen and oxygen atoms in total. The molecule has 0 aliphatic carbocycles. The standard InChI is InChI=1S/C18H19N3O3/c22-17(12-16-18(23)20-11-10-19-16)21-13-6-8-15(9-7-13)24-14-4-2-1-3-5-14/h1-9,16,19H,10-12H2,(H,20,23)(H,21,22)/p+1. The van der Waals surface area contributed by atoms with Crippen LogP contribution >= 0.6 is 0 Å². The van der Waals surface area contributed by atoms with Crippen molar-refractivity contribution < 1.29 is 19.6 Å². The predicted molar refractivity (Wildman–Crippen MR) is 89.8 cm³/mol. The molecule has 1 unspecified atom stereocenters. The molecule has 1 fully saturated rings. The number of nitrogens with one attached hydrogen (secondary N) is 2. The largest absolute Gasteiger partial charge is 0.457 e. The molecule has 0 bridgehead atoms. The summed E-state index contributed by atoms with van der Waals surface area (Å²) in [6, 6.07) is 16.3. The maximum Gasteiger partial charge on any atom is 0.278 e. The molecule has 3 rings (SSSR count).